The topological polar surface area (TPSA) is 25.2 Å². The number of hydrogen-bond donors (Lipinski definition) is 0. The molecule has 0 N–H and O–H groups in total. The number of aryl methyl sites for hydroxylation is 1. The normalized spacial score (nSPS) is 12.2. The monoisotopic (exact) mass is 408 g/mol. The quantitative estimate of drug-likeness (QED) is 0.457. The molecule has 1 atom stereocenters. The number of benzene rings is 2. The summed E-state index contributed by atoms with van der Waals surface area (Å²) < 4.78 is 2.22. The fraction of sp³-hybridized carbons (Fsp3) is 0.320. The van der Waals surface area contributed by atoms with Crippen LogP contribution in [0.4, 0.5) is 0 Å². The fourth-order valence-corrected chi connectivity index (χ4v) is 3.67. The van der Waals surface area contributed by atoms with Crippen molar-refractivity contribution in [1.82, 2.24) is 9.47 Å². The second kappa shape index (κ2) is 9.32. The van der Waals surface area contributed by atoms with Crippen molar-refractivity contribution >= 4 is 17.5 Å². The molecule has 3 aromatic rings. The maximum Gasteiger partial charge on any atom is 0.254 e. The van der Waals surface area contributed by atoms with Gasteiger partial charge < -0.3 is 9.47 Å². The highest BCUT2D eigenvalue weighted by Gasteiger charge is 2.25. The Hall–Kier alpha value is -2.52. The summed E-state index contributed by atoms with van der Waals surface area (Å²) in [5, 5.41) is 0.579. The van der Waals surface area contributed by atoms with E-state index in [-0.39, 0.29) is 11.9 Å². The minimum atomic E-state index is 0.0111. The summed E-state index contributed by atoms with van der Waals surface area (Å²) in [6, 6.07) is 20.0. The van der Waals surface area contributed by atoms with Crippen molar-refractivity contribution in [2.75, 3.05) is 0 Å². The van der Waals surface area contributed by atoms with Gasteiger partial charge in [-0.05, 0) is 55.7 Å². The van der Waals surface area contributed by atoms with Crippen LogP contribution in [0.1, 0.15) is 48.0 Å². The number of hydrogen-bond acceptors (Lipinski definition) is 1. The van der Waals surface area contributed by atoms with Gasteiger partial charge in [-0.15, -0.1) is 0 Å². The first-order valence-corrected chi connectivity index (χ1v) is 10.5. The van der Waals surface area contributed by atoms with Gasteiger partial charge in [-0.3, -0.25) is 4.79 Å². The lowest BCUT2D eigenvalue weighted by atomic mass is 10.0. The summed E-state index contributed by atoms with van der Waals surface area (Å²) in [4.78, 5) is 15.3. The molecular formula is C25H29ClN2O. The first-order chi connectivity index (χ1) is 13.8. The van der Waals surface area contributed by atoms with Gasteiger partial charge in [-0.1, -0.05) is 61.3 Å². The van der Waals surface area contributed by atoms with E-state index >= 15 is 0 Å². The van der Waals surface area contributed by atoms with Crippen molar-refractivity contribution in [2.45, 2.75) is 46.8 Å². The van der Waals surface area contributed by atoms with Gasteiger partial charge in [0.25, 0.3) is 5.91 Å². The molecule has 1 amide bonds. The van der Waals surface area contributed by atoms with Crippen LogP contribution in [-0.2, 0) is 13.1 Å². The summed E-state index contributed by atoms with van der Waals surface area (Å²) in [5.41, 5.74) is 4.26. The van der Waals surface area contributed by atoms with Gasteiger partial charge in [0.15, 0.2) is 0 Å². The lowest BCUT2D eigenvalue weighted by Crippen LogP contribution is -2.41. The lowest BCUT2D eigenvalue weighted by Gasteiger charge is -2.32. The third-order valence-electron chi connectivity index (χ3n) is 5.48. The Bertz CT molecular complexity index is 976. The van der Waals surface area contributed by atoms with Crippen LogP contribution in [0.25, 0.3) is 0 Å². The van der Waals surface area contributed by atoms with Gasteiger partial charge in [-0.2, -0.15) is 0 Å². The molecule has 0 aliphatic carbocycles. The first kappa shape index (κ1) is 21.2. The predicted octanol–water partition coefficient (Wildman–Crippen LogP) is 6.19. The Morgan fingerprint density at radius 2 is 1.79 bits per heavy atom. The van der Waals surface area contributed by atoms with Crippen LogP contribution in [0.15, 0.2) is 66.9 Å². The number of aromatic nitrogens is 1. The number of amides is 1. The van der Waals surface area contributed by atoms with Crippen LogP contribution >= 0.6 is 11.6 Å². The maximum absolute atomic E-state index is 13.3. The molecule has 0 saturated carbocycles. The molecule has 2 aromatic carbocycles. The Kier molecular flexibility index (Phi) is 6.81. The van der Waals surface area contributed by atoms with Gasteiger partial charge in [0.2, 0.25) is 0 Å². The highest BCUT2D eigenvalue weighted by atomic mass is 35.5. The van der Waals surface area contributed by atoms with Gasteiger partial charge in [0.05, 0.1) is 6.54 Å². The van der Waals surface area contributed by atoms with Crippen molar-refractivity contribution in [3.05, 3.63) is 94.3 Å². The molecule has 0 radical (unpaired) electrons. The van der Waals surface area contributed by atoms with Crippen molar-refractivity contribution < 1.29 is 4.79 Å². The highest BCUT2D eigenvalue weighted by molar-refractivity contribution is 6.30. The van der Waals surface area contributed by atoms with Crippen LogP contribution in [0, 0.1) is 12.8 Å². The number of carbonyl (C=O) groups is 1. The third kappa shape index (κ3) is 5.30. The van der Waals surface area contributed by atoms with E-state index in [0.717, 1.165) is 12.2 Å². The van der Waals surface area contributed by atoms with Crippen molar-refractivity contribution in [3.63, 3.8) is 0 Å². The first-order valence-electron chi connectivity index (χ1n) is 10.1. The highest BCUT2D eigenvalue weighted by Crippen LogP contribution is 2.21. The van der Waals surface area contributed by atoms with E-state index in [0.29, 0.717) is 23.0 Å². The van der Waals surface area contributed by atoms with Gasteiger partial charge >= 0.3 is 0 Å². The molecule has 1 aromatic heterocycles. The molecular weight excluding hydrogens is 380 g/mol. The minimum Gasteiger partial charge on any atom is -0.345 e. The molecule has 0 saturated heterocycles. The summed E-state index contributed by atoms with van der Waals surface area (Å²) in [7, 11) is 0. The predicted molar refractivity (Wildman–Crippen MR) is 120 cm³/mol. The Morgan fingerprint density at radius 3 is 2.48 bits per heavy atom. The zero-order chi connectivity index (χ0) is 21.0. The molecule has 29 heavy (non-hydrogen) atoms. The third-order valence-corrected chi connectivity index (χ3v) is 5.72. The van der Waals surface area contributed by atoms with E-state index in [4.69, 9.17) is 11.6 Å². The van der Waals surface area contributed by atoms with Crippen LogP contribution in [-0.4, -0.2) is 21.4 Å². The van der Waals surface area contributed by atoms with Crippen LogP contribution in [0.5, 0.6) is 0 Å². The Balaban J connectivity index is 1.87. The molecule has 0 spiro atoms. The van der Waals surface area contributed by atoms with E-state index in [1.165, 1.54) is 11.1 Å². The number of carbonyl (C=O) groups excluding carboxylic acids is 1. The number of halogens is 1. The molecule has 0 bridgehead atoms. The van der Waals surface area contributed by atoms with Crippen LogP contribution in [0.3, 0.4) is 0 Å². The molecule has 3 rings (SSSR count). The minimum absolute atomic E-state index is 0.0111. The largest absolute Gasteiger partial charge is 0.345 e. The second-order valence-corrected chi connectivity index (χ2v) is 8.48. The molecule has 3 nitrogen and oxygen atoms in total. The Morgan fingerprint density at radius 1 is 1.03 bits per heavy atom. The summed E-state index contributed by atoms with van der Waals surface area (Å²) in [5.74, 6) is 0.357. The van der Waals surface area contributed by atoms with Crippen molar-refractivity contribution in [1.29, 1.82) is 0 Å². The Labute approximate surface area is 178 Å². The second-order valence-electron chi connectivity index (χ2n) is 8.04. The van der Waals surface area contributed by atoms with Crippen molar-refractivity contribution in [2.24, 2.45) is 5.92 Å². The van der Waals surface area contributed by atoms with E-state index in [1.54, 1.807) is 12.1 Å². The van der Waals surface area contributed by atoms with Crippen LogP contribution in [0.2, 0.25) is 5.02 Å². The van der Waals surface area contributed by atoms with E-state index in [9.17, 15) is 4.79 Å². The maximum atomic E-state index is 13.3. The van der Waals surface area contributed by atoms with E-state index in [1.807, 2.05) is 23.1 Å². The molecule has 0 unspecified atom stereocenters. The summed E-state index contributed by atoms with van der Waals surface area (Å²) in [6.07, 6.45) is 2.08. The standard InChI is InChI=1S/C25H29ClN2O/c1-18(2)20(4)28(25(29)22-10-6-11-23(26)15-22)17-24-12-7-13-27(24)16-21-9-5-8-19(3)14-21/h5-15,18,20H,16-17H2,1-4H3/t20-/m0/s1. The molecule has 0 aliphatic heterocycles. The SMILES string of the molecule is Cc1cccc(Cn2cccc2CN(C(=O)c2cccc(Cl)c2)[C@@H](C)C(C)C)c1. The summed E-state index contributed by atoms with van der Waals surface area (Å²) in [6.45, 7) is 9.86. The molecule has 152 valence electrons. The van der Waals surface area contributed by atoms with E-state index in [2.05, 4.69) is 68.8 Å². The zero-order valence-electron chi connectivity index (χ0n) is 17.6. The zero-order valence-corrected chi connectivity index (χ0v) is 18.4. The van der Waals surface area contributed by atoms with Gasteiger partial charge in [-0.25, -0.2) is 0 Å². The fourth-order valence-electron chi connectivity index (χ4n) is 3.48. The average molecular weight is 409 g/mol. The smallest absolute Gasteiger partial charge is 0.254 e. The molecule has 0 aliphatic rings. The van der Waals surface area contributed by atoms with Gasteiger partial charge in [0.1, 0.15) is 0 Å². The van der Waals surface area contributed by atoms with E-state index < -0.39 is 0 Å². The van der Waals surface area contributed by atoms with Gasteiger partial charge in [0, 0.05) is 35.1 Å². The summed E-state index contributed by atoms with van der Waals surface area (Å²) >= 11 is 6.13. The molecule has 1 heterocycles. The number of rotatable bonds is 7. The molecule has 0 fully saturated rings. The lowest BCUT2D eigenvalue weighted by molar-refractivity contribution is 0.0622. The molecule has 4 heteroatoms. The van der Waals surface area contributed by atoms with Crippen molar-refractivity contribution in [3.8, 4) is 0 Å². The number of nitrogens with zero attached hydrogens (tertiary/aromatic N) is 2. The average Bonchev–Trinajstić information content (AvgIpc) is 3.11. The van der Waals surface area contributed by atoms with Crippen LogP contribution < -0.4 is 0 Å².